The predicted molar refractivity (Wildman–Crippen MR) is 58.9 cm³/mol. The molecule has 3 unspecified atom stereocenters. The molecule has 1 rings (SSSR count). The maximum Gasteiger partial charge on any atom is 0.0897 e. The highest BCUT2D eigenvalue weighted by molar-refractivity contribution is 4.73. The number of nitrogens with one attached hydrogen (secondary N) is 1. The Morgan fingerprint density at radius 3 is 3.00 bits per heavy atom. The average molecular weight is 217 g/mol. The molecule has 15 heavy (non-hydrogen) atoms. The summed E-state index contributed by atoms with van der Waals surface area (Å²) in [5.41, 5.74) is 0. The van der Waals surface area contributed by atoms with Crippen LogP contribution in [-0.4, -0.2) is 50.2 Å². The number of aliphatic hydroxyl groups is 1. The fraction of sp³-hybridized carbons (Fsp3) is 1.00. The van der Waals surface area contributed by atoms with Gasteiger partial charge in [-0.3, -0.25) is 0 Å². The van der Waals surface area contributed by atoms with Crippen LogP contribution in [0.25, 0.3) is 0 Å². The molecule has 1 saturated heterocycles. The molecule has 0 radical (unpaired) electrons. The second-order valence-corrected chi connectivity index (χ2v) is 4.29. The summed E-state index contributed by atoms with van der Waals surface area (Å²) in [5, 5.41) is 12.7. The summed E-state index contributed by atoms with van der Waals surface area (Å²) in [7, 11) is 1.60. The van der Waals surface area contributed by atoms with Gasteiger partial charge in [0.15, 0.2) is 0 Å². The SMILES string of the molecule is COCC(O)CNC(C)CC1CCCO1. The molecule has 2 N–H and O–H groups in total. The molecule has 0 amide bonds. The van der Waals surface area contributed by atoms with E-state index in [4.69, 9.17) is 9.47 Å². The molecule has 0 aromatic heterocycles. The van der Waals surface area contributed by atoms with Crippen molar-refractivity contribution < 1.29 is 14.6 Å². The molecular weight excluding hydrogens is 194 g/mol. The van der Waals surface area contributed by atoms with Crippen molar-refractivity contribution in [1.82, 2.24) is 5.32 Å². The number of hydrogen-bond acceptors (Lipinski definition) is 4. The summed E-state index contributed by atoms with van der Waals surface area (Å²) in [6, 6.07) is 0.389. The van der Waals surface area contributed by atoms with Gasteiger partial charge in [0.05, 0.1) is 18.8 Å². The lowest BCUT2D eigenvalue weighted by Gasteiger charge is -2.19. The van der Waals surface area contributed by atoms with Crippen molar-refractivity contribution >= 4 is 0 Å². The summed E-state index contributed by atoms with van der Waals surface area (Å²) < 4.78 is 10.4. The normalized spacial score (nSPS) is 25.4. The zero-order chi connectivity index (χ0) is 11.1. The van der Waals surface area contributed by atoms with Gasteiger partial charge in [0.2, 0.25) is 0 Å². The molecule has 0 spiro atoms. The second-order valence-electron chi connectivity index (χ2n) is 4.29. The van der Waals surface area contributed by atoms with Crippen molar-refractivity contribution in [3.8, 4) is 0 Å². The molecule has 0 aromatic rings. The summed E-state index contributed by atoms with van der Waals surface area (Å²) in [6.45, 7) is 4.01. The highest BCUT2D eigenvalue weighted by atomic mass is 16.5. The highest BCUT2D eigenvalue weighted by Gasteiger charge is 2.18. The lowest BCUT2D eigenvalue weighted by atomic mass is 10.1. The first kappa shape index (κ1) is 12.9. The molecule has 90 valence electrons. The van der Waals surface area contributed by atoms with Gasteiger partial charge in [0.1, 0.15) is 0 Å². The molecule has 1 heterocycles. The van der Waals surface area contributed by atoms with Gasteiger partial charge in [-0.1, -0.05) is 0 Å². The molecular formula is C11H23NO3. The number of rotatable bonds is 7. The van der Waals surface area contributed by atoms with E-state index in [9.17, 15) is 5.11 Å². The summed E-state index contributed by atoms with van der Waals surface area (Å²) in [5.74, 6) is 0. The van der Waals surface area contributed by atoms with Crippen molar-refractivity contribution in [2.24, 2.45) is 0 Å². The lowest BCUT2D eigenvalue weighted by Crippen LogP contribution is -2.37. The Hall–Kier alpha value is -0.160. The minimum atomic E-state index is -0.415. The predicted octanol–water partition coefficient (Wildman–Crippen LogP) is 0.541. The van der Waals surface area contributed by atoms with Crippen LogP contribution in [0.4, 0.5) is 0 Å². The van der Waals surface area contributed by atoms with Crippen LogP contribution >= 0.6 is 0 Å². The minimum Gasteiger partial charge on any atom is -0.389 e. The van der Waals surface area contributed by atoms with Crippen LogP contribution in [0, 0.1) is 0 Å². The molecule has 1 aliphatic heterocycles. The van der Waals surface area contributed by atoms with Crippen molar-refractivity contribution in [3.63, 3.8) is 0 Å². The fourth-order valence-electron chi connectivity index (χ4n) is 1.90. The van der Waals surface area contributed by atoms with Crippen LogP contribution in [0.3, 0.4) is 0 Å². The van der Waals surface area contributed by atoms with E-state index < -0.39 is 6.10 Å². The monoisotopic (exact) mass is 217 g/mol. The topological polar surface area (TPSA) is 50.7 Å². The maximum atomic E-state index is 9.44. The zero-order valence-corrected chi connectivity index (χ0v) is 9.74. The first-order valence-electron chi connectivity index (χ1n) is 5.74. The quantitative estimate of drug-likeness (QED) is 0.653. The van der Waals surface area contributed by atoms with E-state index in [-0.39, 0.29) is 0 Å². The zero-order valence-electron chi connectivity index (χ0n) is 9.74. The second kappa shape index (κ2) is 7.17. The molecule has 0 aromatic carbocycles. The third-order valence-electron chi connectivity index (χ3n) is 2.70. The maximum absolute atomic E-state index is 9.44. The molecule has 0 saturated carbocycles. The van der Waals surface area contributed by atoms with Crippen LogP contribution in [0.5, 0.6) is 0 Å². The summed E-state index contributed by atoms with van der Waals surface area (Å²) in [6.07, 6.45) is 3.38. The van der Waals surface area contributed by atoms with E-state index in [1.165, 1.54) is 12.8 Å². The van der Waals surface area contributed by atoms with E-state index in [0.717, 1.165) is 13.0 Å². The van der Waals surface area contributed by atoms with Gasteiger partial charge < -0.3 is 19.9 Å². The van der Waals surface area contributed by atoms with Gasteiger partial charge >= 0.3 is 0 Å². The van der Waals surface area contributed by atoms with E-state index in [2.05, 4.69) is 12.2 Å². The molecule has 4 nitrogen and oxygen atoms in total. The Bertz CT molecular complexity index is 160. The molecule has 3 atom stereocenters. The van der Waals surface area contributed by atoms with Gasteiger partial charge in [-0.2, -0.15) is 0 Å². The molecule has 4 heteroatoms. The van der Waals surface area contributed by atoms with Gasteiger partial charge in [0.25, 0.3) is 0 Å². The third-order valence-corrected chi connectivity index (χ3v) is 2.70. The van der Waals surface area contributed by atoms with Crippen LogP contribution in [0.1, 0.15) is 26.2 Å². The van der Waals surface area contributed by atoms with E-state index in [1.807, 2.05) is 0 Å². The lowest BCUT2D eigenvalue weighted by molar-refractivity contribution is 0.0590. The van der Waals surface area contributed by atoms with Crippen LogP contribution in [0.15, 0.2) is 0 Å². The fourth-order valence-corrected chi connectivity index (χ4v) is 1.90. The molecule has 0 aliphatic carbocycles. The third kappa shape index (κ3) is 5.47. The smallest absolute Gasteiger partial charge is 0.0897 e. The largest absolute Gasteiger partial charge is 0.389 e. The van der Waals surface area contributed by atoms with Crippen molar-refractivity contribution in [3.05, 3.63) is 0 Å². The Morgan fingerprint density at radius 1 is 1.60 bits per heavy atom. The molecule has 0 bridgehead atoms. The summed E-state index contributed by atoms with van der Waals surface area (Å²) >= 11 is 0. The standard InChI is InChI=1S/C11H23NO3/c1-9(6-11-4-3-5-15-11)12-7-10(13)8-14-2/h9-13H,3-8H2,1-2H3. The van der Waals surface area contributed by atoms with Crippen molar-refractivity contribution in [2.75, 3.05) is 26.9 Å². The van der Waals surface area contributed by atoms with Crippen molar-refractivity contribution in [1.29, 1.82) is 0 Å². The van der Waals surface area contributed by atoms with E-state index in [1.54, 1.807) is 7.11 Å². The number of methoxy groups -OCH3 is 1. The Balaban J connectivity index is 2.04. The number of ether oxygens (including phenoxy) is 2. The Kier molecular flexibility index (Phi) is 6.17. The number of hydrogen-bond donors (Lipinski definition) is 2. The average Bonchev–Trinajstić information content (AvgIpc) is 2.68. The van der Waals surface area contributed by atoms with E-state index in [0.29, 0.717) is 25.3 Å². The van der Waals surface area contributed by atoms with E-state index >= 15 is 0 Å². The van der Waals surface area contributed by atoms with Crippen molar-refractivity contribution in [2.45, 2.75) is 44.4 Å². The first-order valence-corrected chi connectivity index (χ1v) is 5.74. The van der Waals surface area contributed by atoms with Gasteiger partial charge in [0, 0.05) is 26.3 Å². The van der Waals surface area contributed by atoms with Gasteiger partial charge in [-0.25, -0.2) is 0 Å². The van der Waals surface area contributed by atoms with Crippen LogP contribution < -0.4 is 5.32 Å². The first-order chi connectivity index (χ1) is 7.22. The van der Waals surface area contributed by atoms with Crippen LogP contribution in [-0.2, 0) is 9.47 Å². The van der Waals surface area contributed by atoms with Crippen LogP contribution in [0.2, 0.25) is 0 Å². The molecule has 1 fully saturated rings. The Labute approximate surface area is 92.0 Å². The minimum absolute atomic E-state index is 0.389. The number of aliphatic hydroxyl groups excluding tert-OH is 1. The molecule has 1 aliphatic rings. The van der Waals surface area contributed by atoms with Gasteiger partial charge in [-0.15, -0.1) is 0 Å². The highest BCUT2D eigenvalue weighted by Crippen LogP contribution is 2.16. The Morgan fingerprint density at radius 2 is 2.40 bits per heavy atom. The summed E-state index contributed by atoms with van der Waals surface area (Å²) in [4.78, 5) is 0. The van der Waals surface area contributed by atoms with Gasteiger partial charge in [-0.05, 0) is 26.2 Å².